The Morgan fingerprint density at radius 1 is 1.27 bits per heavy atom. The van der Waals surface area contributed by atoms with Gasteiger partial charge in [-0.1, -0.05) is 24.6 Å². The lowest BCUT2D eigenvalue weighted by Gasteiger charge is -2.33. The molecule has 0 aliphatic carbocycles. The highest BCUT2D eigenvalue weighted by Crippen LogP contribution is 2.15. The highest BCUT2D eigenvalue weighted by molar-refractivity contribution is 5.96. The van der Waals surface area contributed by atoms with Gasteiger partial charge in [-0.2, -0.15) is 0 Å². The molecule has 1 N–H and O–H groups in total. The van der Waals surface area contributed by atoms with E-state index >= 15 is 0 Å². The number of hydrazine groups is 1. The summed E-state index contributed by atoms with van der Waals surface area (Å²) in [4.78, 5) is 24.9. The third-order valence-electron chi connectivity index (χ3n) is 4.43. The van der Waals surface area contributed by atoms with Crippen molar-refractivity contribution in [2.75, 3.05) is 6.54 Å². The number of nitrogens with zero attached hydrogens (tertiary/aromatic N) is 2. The minimum Gasteiger partial charge on any atom is -0.306 e. The molecule has 1 saturated heterocycles. The zero-order valence-corrected chi connectivity index (χ0v) is 13.0. The molecule has 3 rings (SSSR count). The van der Waals surface area contributed by atoms with Crippen molar-refractivity contribution in [2.45, 2.75) is 32.2 Å². The largest absolute Gasteiger partial charge is 0.306 e. The highest BCUT2D eigenvalue weighted by atomic mass is 16.2. The Bertz CT molecular complexity index is 766. The van der Waals surface area contributed by atoms with Crippen LogP contribution in [0.5, 0.6) is 0 Å². The third kappa shape index (κ3) is 2.64. The summed E-state index contributed by atoms with van der Waals surface area (Å²) in [6.07, 6.45) is 3.36. The standard InChI is InChI=1S/C17H21N3O2/c1-12-7-5-6-10-20(12)18-16(21)15-11-13-8-3-4-9-14(13)17(22)19(15)2/h3-4,8-9,11-12H,5-7,10H2,1-2H3,(H,18,21). The van der Waals surface area contributed by atoms with Gasteiger partial charge in [0.2, 0.25) is 0 Å². The lowest BCUT2D eigenvalue weighted by molar-refractivity contribution is 0.0604. The van der Waals surface area contributed by atoms with E-state index in [-0.39, 0.29) is 11.5 Å². The molecule has 2 aromatic rings. The summed E-state index contributed by atoms with van der Waals surface area (Å²) >= 11 is 0. The van der Waals surface area contributed by atoms with Crippen molar-refractivity contribution in [2.24, 2.45) is 7.05 Å². The molecule has 0 bridgehead atoms. The van der Waals surface area contributed by atoms with Crippen LogP contribution in [0.15, 0.2) is 35.1 Å². The fourth-order valence-electron chi connectivity index (χ4n) is 3.02. The highest BCUT2D eigenvalue weighted by Gasteiger charge is 2.22. The van der Waals surface area contributed by atoms with Crippen LogP contribution in [0.4, 0.5) is 0 Å². The average Bonchev–Trinajstić information content (AvgIpc) is 2.53. The molecular weight excluding hydrogens is 278 g/mol. The lowest BCUT2D eigenvalue weighted by Crippen LogP contribution is -2.50. The van der Waals surface area contributed by atoms with Crippen LogP contribution < -0.4 is 11.0 Å². The maximum absolute atomic E-state index is 12.6. The topological polar surface area (TPSA) is 54.3 Å². The summed E-state index contributed by atoms with van der Waals surface area (Å²) in [7, 11) is 1.64. The molecular formula is C17H21N3O2. The van der Waals surface area contributed by atoms with Crippen molar-refractivity contribution < 1.29 is 4.79 Å². The van der Waals surface area contributed by atoms with Crippen molar-refractivity contribution >= 4 is 16.7 Å². The second kappa shape index (κ2) is 5.93. The molecule has 5 heteroatoms. The zero-order valence-electron chi connectivity index (χ0n) is 13.0. The number of aromatic nitrogens is 1. The third-order valence-corrected chi connectivity index (χ3v) is 4.43. The number of pyridine rings is 1. The van der Waals surface area contributed by atoms with Crippen molar-refractivity contribution in [3.63, 3.8) is 0 Å². The average molecular weight is 299 g/mol. The quantitative estimate of drug-likeness (QED) is 0.923. The molecule has 116 valence electrons. The van der Waals surface area contributed by atoms with Crippen LogP contribution in [-0.2, 0) is 7.05 Å². The van der Waals surface area contributed by atoms with Crippen LogP contribution in [0.25, 0.3) is 10.8 Å². The van der Waals surface area contributed by atoms with Crippen LogP contribution in [0.3, 0.4) is 0 Å². The number of carbonyl (C=O) groups excluding carboxylic acids is 1. The van der Waals surface area contributed by atoms with Gasteiger partial charge in [-0.15, -0.1) is 0 Å². The number of nitrogens with one attached hydrogen (secondary N) is 1. The first-order chi connectivity index (χ1) is 10.6. The van der Waals surface area contributed by atoms with Gasteiger partial charge in [0.25, 0.3) is 11.5 Å². The van der Waals surface area contributed by atoms with E-state index in [0.717, 1.165) is 24.8 Å². The molecule has 0 radical (unpaired) electrons. The zero-order chi connectivity index (χ0) is 15.7. The molecule has 1 aromatic carbocycles. The number of fused-ring (bicyclic) bond motifs is 1. The molecule has 1 aromatic heterocycles. The fourth-order valence-corrected chi connectivity index (χ4v) is 3.02. The molecule has 0 saturated carbocycles. The molecule has 1 amide bonds. The smallest absolute Gasteiger partial charge is 0.282 e. The predicted molar refractivity (Wildman–Crippen MR) is 86.7 cm³/mol. The number of amides is 1. The second-order valence-electron chi connectivity index (χ2n) is 5.96. The van der Waals surface area contributed by atoms with Crippen LogP contribution >= 0.6 is 0 Å². The van der Waals surface area contributed by atoms with Gasteiger partial charge in [0.15, 0.2) is 0 Å². The number of rotatable bonds is 2. The Balaban J connectivity index is 1.94. The first-order valence-electron chi connectivity index (χ1n) is 7.74. The van der Waals surface area contributed by atoms with E-state index in [1.54, 1.807) is 19.2 Å². The maximum Gasteiger partial charge on any atom is 0.282 e. The fraction of sp³-hybridized carbons (Fsp3) is 0.412. The minimum absolute atomic E-state index is 0.144. The van der Waals surface area contributed by atoms with Gasteiger partial charge in [-0.05, 0) is 37.3 Å². The van der Waals surface area contributed by atoms with E-state index in [2.05, 4.69) is 12.3 Å². The Morgan fingerprint density at radius 2 is 2.05 bits per heavy atom. The molecule has 1 atom stereocenters. The summed E-state index contributed by atoms with van der Waals surface area (Å²) in [5.41, 5.74) is 3.20. The van der Waals surface area contributed by atoms with Crippen LogP contribution in [0.2, 0.25) is 0 Å². The number of carbonyl (C=O) groups is 1. The van der Waals surface area contributed by atoms with Crippen molar-refractivity contribution in [1.29, 1.82) is 0 Å². The van der Waals surface area contributed by atoms with E-state index < -0.39 is 0 Å². The van der Waals surface area contributed by atoms with E-state index in [1.165, 1.54) is 11.0 Å². The van der Waals surface area contributed by atoms with Gasteiger partial charge >= 0.3 is 0 Å². The Kier molecular flexibility index (Phi) is 3.98. The Morgan fingerprint density at radius 3 is 2.82 bits per heavy atom. The SMILES string of the molecule is CC1CCCCN1NC(=O)c1cc2ccccc2c(=O)n1C. The molecule has 1 fully saturated rings. The number of hydrogen-bond donors (Lipinski definition) is 1. The van der Waals surface area contributed by atoms with Crippen LogP contribution in [-0.4, -0.2) is 28.1 Å². The monoisotopic (exact) mass is 299 g/mol. The van der Waals surface area contributed by atoms with Gasteiger partial charge < -0.3 is 4.57 Å². The van der Waals surface area contributed by atoms with Crippen LogP contribution in [0.1, 0.15) is 36.7 Å². The number of piperidine rings is 1. The lowest BCUT2D eigenvalue weighted by atomic mass is 10.1. The van der Waals surface area contributed by atoms with Crippen molar-refractivity contribution in [3.8, 4) is 0 Å². The number of benzene rings is 1. The minimum atomic E-state index is -0.223. The molecule has 1 unspecified atom stereocenters. The molecule has 0 spiro atoms. The molecule has 5 nitrogen and oxygen atoms in total. The van der Waals surface area contributed by atoms with Gasteiger partial charge in [-0.3, -0.25) is 15.0 Å². The summed E-state index contributed by atoms with van der Waals surface area (Å²) < 4.78 is 1.42. The molecule has 2 heterocycles. The normalized spacial score (nSPS) is 19.3. The summed E-state index contributed by atoms with van der Waals surface area (Å²) in [6, 6.07) is 9.45. The number of hydrogen-bond acceptors (Lipinski definition) is 3. The van der Waals surface area contributed by atoms with Gasteiger partial charge in [0.1, 0.15) is 5.69 Å². The molecule has 1 aliphatic rings. The van der Waals surface area contributed by atoms with E-state index in [1.807, 2.05) is 23.2 Å². The molecule has 1 aliphatic heterocycles. The van der Waals surface area contributed by atoms with Crippen LogP contribution in [0, 0.1) is 0 Å². The van der Waals surface area contributed by atoms with E-state index in [9.17, 15) is 9.59 Å². The summed E-state index contributed by atoms with van der Waals surface area (Å²) in [5.74, 6) is -0.223. The maximum atomic E-state index is 12.6. The van der Waals surface area contributed by atoms with Gasteiger partial charge in [-0.25, -0.2) is 5.01 Å². The Labute approximate surface area is 129 Å². The Hall–Kier alpha value is -2.14. The van der Waals surface area contributed by atoms with Gasteiger partial charge in [0, 0.05) is 25.0 Å². The van der Waals surface area contributed by atoms with E-state index in [0.29, 0.717) is 17.1 Å². The first kappa shape index (κ1) is 14.8. The van der Waals surface area contributed by atoms with E-state index in [4.69, 9.17) is 0 Å². The summed E-state index contributed by atoms with van der Waals surface area (Å²) in [6.45, 7) is 2.97. The van der Waals surface area contributed by atoms with Gasteiger partial charge in [0.05, 0.1) is 0 Å². The second-order valence-corrected chi connectivity index (χ2v) is 5.96. The molecule has 22 heavy (non-hydrogen) atoms. The van der Waals surface area contributed by atoms with Crippen molar-refractivity contribution in [1.82, 2.24) is 15.0 Å². The van der Waals surface area contributed by atoms with Crippen molar-refractivity contribution in [3.05, 3.63) is 46.4 Å². The first-order valence-corrected chi connectivity index (χ1v) is 7.74. The predicted octanol–water partition coefficient (Wildman–Crippen LogP) is 2.06. The summed E-state index contributed by atoms with van der Waals surface area (Å²) in [5, 5.41) is 3.40.